The SMILES string of the molecule is CN1CCCN(C(=O)c2csc(Br)c2)CC1=O. The van der Waals surface area contributed by atoms with Crippen molar-refractivity contribution in [3.8, 4) is 0 Å². The van der Waals surface area contributed by atoms with Crippen molar-refractivity contribution in [1.82, 2.24) is 9.80 Å². The maximum atomic E-state index is 12.2. The highest BCUT2D eigenvalue weighted by Crippen LogP contribution is 2.22. The van der Waals surface area contributed by atoms with Crippen molar-refractivity contribution >= 4 is 39.1 Å². The van der Waals surface area contributed by atoms with Crippen molar-refractivity contribution < 1.29 is 9.59 Å². The fourth-order valence-corrected chi connectivity index (χ4v) is 2.90. The minimum absolute atomic E-state index is 0.00476. The van der Waals surface area contributed by atoms with Gasteiger partial charge in [-0.15, -0.1) is 11.3 Å². The van der Waals surface area contributed by atoms with Crippen LogP contribution >= 0.6 is 27.3 Å². The topological polar surface area (TPSA) is 40.6 Å². The molecule has 0 saturated carbocycles. The summed E-state index contributed by atoms with van der Waals surface area (Å²) in [5, 5.41) is 1.81. The Hall–Kier alpha value is -0.880. The lowest BCUT2D eigenvalue weighted by Crippen LogP contribution is -2.37. The fraction of sp³-hybridized carbons (Fsp3) is 0.455. The second-order valence-corrected chi connectivity index (χ2v) is 6.33. The highest BCUT2D eigenvalue weighted by atomic mass is 79.9. The highest BCUT2D eigenvalue weighted by molar-refractivity contribution is 9.11. The number of nitrogens with zero attached hydrogens (tertiary/aromatic N) is 2. The summed E-state index contributed by atoms with van der Waals surface area (Å²) in [5.41, 5.74) is 0.652. The monoisotopic (exact) mass is 316 g/mol. The fourth-order valence-electron chi connectivity index (χ4n) is 1.76. The van der Waals surface area contributed by atoms with Crippen LogP contribution in [-0.4, -0.2) is 48.3 Å². The molecule has 1 aromatic rings. The zero-order valence-corrected chi connectivity index (χ0v) is 11.9. The van der Waals surface area contributed by atoms with Gasteiger partial charge >= 0.3 is 0 Å². The second-order valence-electron chi connectivity index (χ2n) is 4.04. The molecule has 17 heavy (non-hydrogen) atoms. The summed E-state index contributed by atoms with van der Waals surface area (Å²) >= 11 is 4.81. The Labute approximate surface area is 112 Å². The van der Waals surface area contributed by atoms with Crippen LogP contribution in [0.1, 0.15) is 16.8 Å². The van der Waals surface area contributed by atoms with E-state index in [9.17, 15) is 9.59 Å². The summed E-state index contributed by atoms with van der Waals surface area (Å²) < 4.78 is 0.930. The first-order chi connectivity index (χ1) is 8.08. The molecule has 2 rings (SSSR count). The molecule has 1 aliphatic rings. The van der Waals surface area contributed by atoms with Crippen LogP contribution in [-0.2, 0) is 4.79 Å². The minimum atomic E-state index is -0.0596. The van der Waals surface area contributed by atoms with E-state index in [0.717, 1.165) is 16.8 Å². The van der Waals surface area contributed by atoms with Crippen LogP contribution in [0.2, 0.25) is 0 Å². The number of likely N-dealkylation sites (N-methyl/N-ethyl adjacent to an activating group) is 1. The number of halogens is 1. The van der Waals surface area contributed by atoms with Gasteiger partial charge in [0.2, 0.25) is 5.91 Å². The Kier molecular flexibility index (Phi) is 3.83. The molecule has 92 valence electrons. The maximum Gasteiger partial charge on any atom is 0.255 e. The van der Waals surface area contributed by atoms with Crippen LogP contribution in [0.4, 0.5) is 0 Å². The smallest absolute Gasteiger partial charge is 0.255 e. The maximum absolute atomic E-state index is 12.2. The number of carbonyl (C=O) groups excluding carboxylic acids is 2. The van der Waals surface area contributed by atoms with E-state index in [1.165, 1.54) is 11.3 Å². The van der Waals surface area contributed by atoms with E-state index in [4.69, 9.17) is 0 Å². The third kappa shape index (κ3) is 2.87. The molecule has 2 heterocycles. The number of hydrogen-bond donors (Lipinski definition) is 0. The van der Waals surface area contributed by atoms with Crippen LogP contribution in [0, 0.1) is 0 Å². The van der Waals surface area contributed by atoms with E-state index in [-0.39, 0.29) is 18.4 Å². The van der Waals surface area contributed by atoms with Gasteiger partial charge in [-0.25, -0.2) is 0 Å². The Bertz CT molecular complexity index is 446. The third-order valence-electron chi connectivity index (χ3n) is 2.78. The summed E-state index contributed by atoms with van der Waals surface area (Å²) in [6, 6.07) is 1.80. The van der Waals surface area contributed by atoms with Crippen LogP contribution < -0.4 is 0 Å². The van der Waals surface area contributed by atoms with Crippen molar-refractivity contribution in [1.29, 1.82) is 0 Å². The van der Waals surface area contributed by atoms with Gasteiger partial charge in [-0.1, -0.05) is 0 Å². The van der Waals surface area contributed by atoms with Gasteiger partial charge in [0.05, 0.1) is 9.35 Å². The van der Waals surface area contributed by atoms with Gasteiger partial charge in [-0.3, -0.25) is 9.59 Å². The van der Waals surface area contributed by atoms with Gasteiger partial charge in [0.1, 0.15) is 6.54 Å². The molecular formula is C11H13BrN2O2S. The quantitative estimate of drug-likeness (QED) is 0.793. The van der Waals surface area contributed by atoms with Crippen LogP contribution in [0.25, 0.3) is 0 Å². The Balaban J connectivity index is 2.11. The molecule has 0 unspecified atom stereocenters. The summed E-state index contributed by atoms with van der Waals surface area (Å²) in [4.78, 5) is 27.2. The molecule has 0 atom stereocenters. The van der Waals surface area contributed by atoms with Crippen molar-refractivity contribution in [3.05, 3.63) is 20.8 Å². The van der Waals surface area contributed by atoms with Gasteiger partial charge < -0.3 is 9.80 Å². The average Bonchev–Trinajstić information content (AvgIpc) is 2.65. The lowest BCUT2D eigenvalue weighted by molar-refractivity contribution is -0.129. The molecule has 0 N–H and O–H groups in total. The molecule has 0 aliphatic carbocycles. The lowest BCUT2D eigenvalue weighted by Gasteiger charge is -2.19. The number of rotatable bonds is 1. The molecule has 1 saturated heterocycles. The molecule has 1 aliphatic heterocycles. The first-order valence-electron chi connectivity index (χ1n) is 5.35. The Morgan fingerprint density at radius 3 is 2.88 bits per heavy atom. The standard InChI is InChI=1S/C11H13BrN2O2S/c1-13-3-2-4-14(6-10(13)15)11(16)8-5-9(12)17-7-8/h5,7H,2-4,6H2,1H3. The average molecular weight is 317 g/mol. The first-order valence-corrected chi connectivity index (χ1v) is 7.02. The van der Waals surface area contributed by atoms with Gasteiger partial charge in [-0.05, 0) is 28.4 Å². The first kappa shape index (κ1) is 12.6. The summed E-state index contributed by atoms with van der Waals surface area (Å²) in [6.45, 7) is 1.54. The van der Waals surface area contributed by atoms with E-state index in [0.29, 0.717) is 12.1 Å². The number of hydrogen-bond acceptors (Lipinski definition) is 3. The molecular weight excluding hydrogens is 304 g/mol. The zero-order chi connectivity index (χ0) is 12.4. The van der Waals surface area contributed by atoms with Crippen molar-refractivity contribution in [2.75, 3.05) is 26.7 Å². The Morgan fingerprint density at radius 2 is 2.24 bits per heavy atom. The largest absolute Gasteiger partial charge is 0.344 e. The van der Waals surface area contributed by atoms with Gasteiger partial charge in [0.15, 0.2) is 0 Å². The normalized spacial score (nSPS) is 17.2. The van der Waals surface area contributed by atoms with Gasteiger partial charge in [0, 0.05) is 25.5 Å². The molecule has 4 nitrogen and oxygen atoms in total. The van der Waals surface area contributed by atoms with Gasteiger partial charge in [0.25, 0.3) is 5.91 Å². The molecule has 0 radical (unpaired) electrons. The van der Waals surface area contributed by atoms with Crippen molar-refractivity contribution in [3.63, 3.8) is 0 Å². The number of thiophene rings is 1. The molecule has 0 spiro atoms. The summed E-state index contributed by atoms with van der Waals surface area (Å²) in [6.07, 6.45) is 0.833. The number of carbonyl (C=O) groups is 2. The van der Waals surface area contributed by atoms with Crippen molar-refractivity contribution in [2.45, 2.75) is 6.42 Å². The molecule has 0 aromatic carbocycles. The van der Waals surface area contributed by atoms with E-state index in [2.05, 4.69) is 15.9 Å². The van der Waals surface area contributed by atoms with Crippen LogP contribution in [0.3, 0.4) is 0 Å². The van der Waals surface area contributed by atoms with E-state index >= 15 is 0 Å². The van der Waals surface area contributed by atoms with Gasteiger partial charge in [-0.2, -0.15) is 0 Å². The third-order valence-corrected chi connectivity index (χ3v) is 4.28. The van der Waals surface area contributed by atoms with Crippen molar-refractivity contribution in [2.24, 2.45) is 0 Å². The van der Waals surface area contributed by atoms with Crippen LogP contribution in [0.15, 0.2) is 15.2 Å². The second kappa shape index (κ2) is 5.18. The molecule has 2 amide bonds. The highest BCUT2D eigenvalue weighted by Gasteiger charge is 2.24. The zero-order valence-electron chi connectivity index (χ0n) is 9.48. The molecule has 1 fully saturated rings. The summed E-state index contributed by atoms with van der Waals surface area (Å²) in [7, 11) is 1.78. The van der Waals surface area contributed by atoms with E-state index in [1.807, 2.05) is 5.38 Å². The summed E-state index contributed by atoms with van der Waals surface area (Å²) in [5.74, 6) is -0.0549. The molecule has 0 bridgehead atoms. The molecule has 6 heteroatoms. The minimum Gasteiger partial charge on any atom is -0.344 e. The Morgan fingerprint density at radius 1 is 1.47 bits per heavy atom. The number of amides is 2. The van der Waals surface area contributed by atoms with E-state index in [1.54, 1.807) is 22.9 Å². The van der Waals surface area contributed by atoms with Crippen LogP contribution in [0.5, 0.6) is 0 Å². The molecule has 1 aromatic heterocycles. The lowest BCUT2D eigenvalue weighted by atomic mass is 10.3. The van der Waals surface area contributed by atoms with E-state index < -0.39 is 0 Å². The predicted octanol–water partition coefficient (Wildman–Crippen LogP) is 1.81. The predicted molar refractivity (Wildman–Crippen MR) is 70.2 cm³/mol.